The Hall–Kier alpha value is -0.490. The van der Waals surface area contributed by atoms with E-state index >= 15 is 0 Å². The van der Waals surface area contributed by atoms with E-state index in [0.717, 1.165) is 18.8 Å². The molecule has 0 unspecified atom stereocenters. The van der Waals surface area contributed by atoms with Crippen molar-refractivity contribution in [3.05, 3.63) is 21.8 Å². The average molecular weight is 333 g/mol. The van der Waals surface area contributed by atoms with Crippen molar-refractivity contribution in [3.8, 4) is 0 Å². The van der Waals surface area contributed by atoms with Gasteiger partial charge in [0.25, 0.3) is 0 Å². The molecule has 0 saturated heterocycles. The summed E-state index contributed by atoms with van der Waals surface area (Å²) in [6.07, 6.45) is 2.42. The third-order valence-electron chi connectivity index (χ3n) is 2.34. The van der Waals surface area contributed by atoms with Crippen molar-refractivity contribution in [1.29, 1.82) is 0 Å². The van der Waals surface area contributed by atoms with Gasteiger partial charge in [-0.05, 0) is 74.3 Å². The van der Waals surface area contributed by atoms with Crippen LogP contribution in [0, 0.1) is 3.57 Å². The Labute approximate surface area is 112 Å². The lowest BCUT2D eigenvalue weighted by Crippen LogP contribution is -2.14. The molecule has 0 aliphatic rings. The SMILES string of the molecule is CN(C)CCCCNc1ccc(N)cc1I. The van der Waals surface area contributed by atoms with Crippen molar-refractivity contribution in [2.45, 2.75) is 12.8 Å². The number of benzene rings is 1. The summed E-state index contributed by atoms with van der Waals surface area (Å²) < 4.78 is 1.19. The number of anilines is 2. The van der Waals surface area contributed by atoms with Crippen LogP contribution in [0.5, 0.6) is 0 Å². The summed E-state index contributed by atoms with van der Waals surface area (Å²) >= 11 is 2.31. The average Bonchev–Trinajstić information content (AvgIpc) is 2.20. The lowest BCUT2D eigenvalue weighted by Gasteiger charge is -2.11. The molecule has 0 aliphatic heterocycles. The highest BCUT2D eigenvalue weighted by molar-refractivity contribution is 14.1. The zero-order chi connectivity index (χ0) is 12.0. The molecule has 0 fully saturated rings. The van der Waals surface area contributed by atoms with Crippen molar-refractivity contribution in [2.24, 2.45) is 0 Å². The number of nitrogen functional groups attached to an aromatic ring is 1. The predicted molar refractivity (Wildman–Crippen MR) is 79.8 cm³/mol. The summed E-state index contributed by atoms with van der Waals surface area (Å²) in [6.45, 7) is 2.17. The quantitative estimate of drug-likeness (QED) is 0.478. The van der Waals surface area contributed by atoms with Gasteiger partial charge >= 0.3 is 0 Å². The van der Waals surface area contributed by atoms with Gasteiger partial charge in [0.1, 0.15) is 0 Å². The van der Waals surface area contributed by atoms with Crippen molar-refractivity contribution in [2.75, 3.05) is 38.2 Å². The molecule has 1 rings (SSSR count). The minimum Gasteiger partial charge on any atom is -0.399 e. The first-order valence-electron chi connectivity index (χ1n) is 5.53. The lowest BCUT2D eigenvalue weighted by molar-refractivity contribution is 0.396. The highest BCUT2D eigenvalue weighted by Gasteiger charge is 1.99. The third-order valence-corrected chi connectivity index (χ3v) is 3.23. The summed E-state index contributed by atoms with van der Waals surface area (Å²) in [5.74, 6) is 0. The van der Waals surface area contributed by atoms with E-state index in [-0.39, 0.29) is 0 Å². The Morgan fingerprint density at radius 3 is 2.69 bits per heavy atom. The van der Waals surface area contributed by atoms with Crippen LogP contribution in [-0.4, -0.2) is 32.1 Å². The van der Waals surface area contributed by atoms with Crippen LogP contribution >= 0.6 is 22.6 Å². The van der Waals surface area contributed by atoms with Crippen molar-refractivity contribution in [1.82, 2.24) is 4.90 Å². The van der Waals surface area contributed by atoms with Crippen LogP contribution in [0.1, 0.15) is 12.8 Å². The predicted octanol–water partition coefficient (Wildman–Crippen LogP) is 2.63. The van der Waals surface area contributed by atoms with Crippen LogP contribution in [-0.2, 0) is 0 Å². The smallest absolute Gasteiger partial charge is 0.0477 e. The van der Waals surface area contributed by atoms with E-state index in [9.17, 15) is 0 Å². The van der Waals surface area contributed by atoms with Gasteiger partial charge in [0, 0.05) is 21.5 Å². The monoisotopic (exact) mass is 333 g/mol. The van der Waals surface area contributed by atoms with Gasteiger partial charge in [-0.1, -0.05) is 0 Å². The molecule has 0 aliphatic carbocycles. The fourth-order valence-corrected chi connectivity index (χ4v) is 2.18. The minimum absolute atomic E-state index is 0.822. The number of nitrogens with one attached hydrogen (secondary N) is 1. The van der Waals surface area contributed by atoms with Crippen molar-refractivity contribution >= 4 is 34.0 Å². The van der Waals surface area contributed by atoms with Gasteiger partial charge in [-0.25, -0.2) is 0 Å². The molecule has 0 atom stereocenters. The second-order valence-corrected chi connectivity index (χ2v) is 5.34. The molecule has 0 heterocycles. The standard InChI is InChI=1S/C12H20IN3/c1-16(2)8-4-3-7-15-12-6-5-10(14)9-11(12)13/h5-6,9,15H,3-4,7-8,14H2,1-2H3. The van der Waals surface area contributed by atoms with E-state index in [1.54, 1.807) is 0 Å². The molecule has 1 aromatic rings. The normalized spacial score (nSPS) is 10.8. The maximum Gasteiger partial charge on any atom is 0.0477 e. The number of unbranched alkanes of at least 4 members (excludes halogenated alkanes) is 1. The van der Waals surface area contributed by atoms with Gasteiger partial charge in [-0.15, -0.1) is 0 Å². The molecule has 1 aromatic carbocycles. The first-order valence-corrected chi connectivity index (χ1v) is 6.61. The molecule has 0 saturated carbocycles. The molecular formula is C12H20IN3. The van der Waals surface area contributed by atoms with Crippen molar-refractivity contribution < 1.29 is 0 Å². The summed E-state index contributed by atoms with van der Waals surface area (Å²) in [6, 6.07) is 5.97. The summed E-state index contributed by atoms with van der Waals surface area (Å²) in [7, 11) is 4.21. The van der Waals surface area contributed by atoms with Crippen LogP contribution < -0.4 is 11.1 Å². The van der Waals surface area contributed by atoms with Crippen LogP contribution in [0.3, 0.4) is 0 Å². The first kappa shape index (κ1) is 13.6. The Kier molecular flexibility index (Phi) is 5.90. The highest BCUT2D eigenvalue weighted by atomic mass is 127. The van der Waals surface area contributed by atoms with Crippen LogP contribution in [0.25, 0.3) is 0 Å². The summed E-state index contributed by atoms with van der Waals surface area (Å²) in [5, 5.41) is 3.43. The third kappa shape index (κ3) is 5.03. The molecule has 0 amide bonds. The highest BCUT2D eigenvalue weighted by Crippen LogP contribution is 2.20. The molecule has 16 heavy (non-hydrogen) atoms. The first-order chi connectivity index (χ1) is 7.59. The fourth-order valence-electron chi connectivity index (χ4n) is 1.45. The Bertz CT molecular complexity index is 326. The number of hydrogen-bond acceptors (Lipinski definition) is 3. The fraction of sp³-hybridized carbons (Fsp3) is 0.500. The van der Waals surface area contributed by atoms with E-state index < -0.39 is 0 Å². The molecule has 3 N–H and O–H groups in total. The Balaban J connectivity index is 2.27. The number of halogens is 1. The Morgan fingerprint density at radius 2 is 2.06 bits per heavy atom. The second kappa shape index (κ2) is 6.96. The Morgan fingerprint density at radius 1 is 1.31 bits per heavy atom. The van der Waals surface area contributed by atoms with Gasteiger partial charge in [0.05, 0.1) is 0 Å². The largest absolute Gasteiger partial charge is 0.399 e. The maximum absolute atomic E-state index is 5.70. The van der Waals surface area contributed by atoms with E-state index in [0.29, 0.717) is 0 Å². The van der Waals surface area contributed by atoms with Crippen LogP contribution in [0.15, 0.2) is 18.2 Å². The minimum atomic E-state index is 0.822. The number of nitrogens with two attached hydrogens (primary N) is 1. The second-order valence-electron chi connectivity index (χ2n) is 4.18. The number of nitrogens with zero attached hydrogens (tertiary/aromatic N) is 1. The van der Waals surface area contributed by atoms with Crippen LogP contribution in [0.4, 0.5) is 11.4 Å². The van der Waals surface area contributed by atoms with Crippen molar-refractivity contribution in [3.63, 3.8) is 0 Å². The topological polar surface area (TPSA) is 41.3 Å². The maximum atomic E-state index is 5.70. The number of hydrogen-bond donors (Lipinski definition) is 2. The van der Waals surface area contributed by atoms with Gasteiger partial charge in [0.2, 0.25) is 0 Å². The van der Waals surface area contributed by atoms with E-state index in [2.05, 4.69) is 46.9 Å². The zero-order valence-electron chi connectivity index (χ0n) is 9.96. The molecule has 4 heteroatoms. The van der Waals surface area contributed by atoms with Gasteiger partial charge in [-0.2, -0.15) is 0 Å². The van der Waals surface area contributed by atoms with Gasteiger partial charge in [0.15, 0.2) is 0 Å². The molecule has 0 bridgehead atoms. The van der Waals surface area contributed by atoms with E-state index in [4.69, 9.17) is 5.73 Å². The van der Waals surface area contributed by atoms with Crippen LogP contribution in [0.2, 0.25) is 0 Å². The zero-order valence-corrected chi connectivity index (χ0v) is 12.1. The van der Waals surface area contributed by atoms with E-state index in [1.807, 2.05) is 18.2 Å². The van der Waals surface area contributed by atoms with Gasteiger partial charge < -0.3 is 16.0 Å². The molecular weight excluding hydrogens is 313 g/mol. The molecule has 0 aromatic heterocycles. The molecule has 0 spiro atoms. The lowest BCUT2D eigenvalue weighted by atomic mass is 10.2. The molecule has 90 valence electrons. The summed E-state index contributed by atoms with van der Waals surface area (Å²) in [4.78, 5) is 2.22. The van der Waals surface area contributed by atoms with E-state index in [1.165, 1.54) is 22.1 Å². The molecule has 3 nitrogen and oxygen atoms in total. The van der Waals surface area contributed by atoms with Gasteiger partial charge in [-0.3, -0.25) is 0 Å². The number of rotatable bonds is 6. The molecule has 0 radical (unpaired) electrons. The summed E-state index contributed by atoms with van der Waals surface area (Å²) in [5.41, 5.74) is 7.70.